The Bertz CT molecular complexity index is 378. The van der Waals surface area contributed by atoms with Crippen LogP contribution in [0.3, 0.4) is 0 Å². The fraction of sp³-hybridized carbons (Fsp3) is 0.273. The molecule has 0 atom stereocenters. The number of nitro benzene ring substituents is 1. The Morgan fingerprint density at radius 3 is 2.27 bits per heavy atom. The topological polar surface area (TPSA) is 46.4 Å². The third-order valence-corrected chi connectivity index (χ3v) is 1.92. The van der Waals surface area contributed by atoms with E-state index in [2.05, 4.69) is 0 Å². The second-order valence-electron chi connectivity index (χ2n) is 3.59. The van der Waals surface area contributed by atoms with Gasteiger partial charge >= 0.3 is 0 Å². The number of nitro groups is 1. The van der Waals surface area contributed by atoms with Crippen molar-refractivity contribution in [2.24, 2.45) is 0 Å². The van der Waals surface area contributed by atoms with Gasteiger partial charge in [0.2, 0.25) is 0 Å². The Labute approximate surface area is 89.0 Å². The van der Waals surface area contributed by atoms with E-state index in [1.165, 1.54) is 17.7 Å². The van der Waals surface area contributed by atoms with Gasteiger partial charge in [-0.05, 0) is 26.0 Å². The van der Waals surface area contributed by atoms with Crippen molar-refractivity contribution in [3.8, 4) is 0 Å². The second-order valence-corrected chi connectivity index (χ2v) is 3.59. The average Bonchev–Trinajstić information content (AvgIpc) is 2.17. The first kappa shape index (κ1) is 11.2. The fourth-order valence-corrected chi connectivity index (χ4v) is 1.27. The highest BCUT2D eigenvalue weighted by Crippen LogP contribution is 2.18. The van der Waals surface area contributed by atoms with E-state index < -0.39 is 4.92 Å². The molecular weight excluding hydrogens is 192 g/mol. The first-order chi connectivity index (χ1) is 7.00. The summed E-state index contributed by atoms with van der Waals surface area (Å²) in [5.74, 6) is 0. The number of hydrogen-bond donors (Lipinski definition) is 0. The molecule has 0 bridgehead atoms. The molecule has 0 fully saturated rings. The van der Waals surface area contributed by atoms with Crippen molar-refractivity contribution < 1.29 is 4.92 Å². The standard InChI is InChI=1S/C11H14N2O2/c1-9(2)8-12(3)10-4-6-11(7-5-10)13(14)15/h4-8H,1-3H3. The summed E-state index contributed by atoms with van der Waals surface area (Å²) in [6, 6.07) is 6.48. The summed E-state index contributed by atoms with van der Waals surface area (Å²) in [6.45, 7) is 4.00. The van der Waals surface area contributed by atoms with E-state index in [1.54, 1.807) is 12.1 Å². The third-order valence-electron chi connectivity index (χ3n) is 1.92. The van der Waals surface area contributed by atoms with Gasteiger partial charge in [-0.3, -0.25) is 10.1 Å². The first-order valence-electron chi connectivity index (χ1n) is 4.63. The van der Waals surface area contributed by atoms with Gasteiger partial charge in [0.15, 0.2) is 0 Å². The van der Waals surface area contributed by atoms with E-state index in [4.69, 9.17) is 0 Å². The molecule has 0 N–H and O–H groups in total. The van der Waals surface area contributed by atoms with Crippen LogP contribution in [-0.2, 0) is 0 Å². The Hall–Kier alpha value is -1.84. The van der Waals surface area contributed by atoms with Gasteiger partial charge in [0.1, 0.15) is 0 Å². The normalized spacial score (nSPS) is 9.53. The predicted octanol–water partition coefficient (Wildman–Crippen LogP) is 2.95. The number of anilines is 1. The van der Waals surface area contributed by atoms with E-state index in [9.17, 15) is 10.1 Å². The molecule has 0 radical (unpaired) electrons. The lowest BCUT2D eigenvalue weighted by molar-refractivity contribution is -0.384. The zero-order valence-corrected chi connectivity index (χ0v) is 9.10. The Kier molecular flexibility index (Phi) is 3.44. The highest BCUT2D eigenvalue weighted by molar-refractivity contribution is 5.52. The van der Waals surface area contributed by atoms with Crippen LogP contribution in [0.2, 0.25) is 0 Å². The summed E-state index contributed by atoms with van der Waals surface area (Å²) in [7, 11) is 1.91. The van der Waals surface area contributed by atoms with Crippen LogP contribution in [0.25, 0.3) is 0 Å². The summed E-state index contributed by atoms with van der Waals surface area (Å²) in [6.07, 6.45) is 1.97. The number of non-ortho nitro benzene ring substituents is 1. The summed E-state index contributed by atoms with van der Waals surface area (Å²) in [5.41, 5.74) is 2.22. The number of nitrogens with zero attached hydrogens (tertiary/aromatic N) is 2. The van der Waals surface area contributed by atoms with Crippen molar-refractivity contribution in [1.29, 1.82) is 0 Å². The quantitative estimate of drug-likeness (QED) is 0.564. The second kappa shape index (κ2) is 4.59. The maximum atomic E-state index is 10.4. The van der Waals surface area contributed by atoms with Crippen molar-refractivity contribution in [3.05, 3.63) is 46.2 Å². The predicted molar refractivity (Wildman–Crippen MR) is 60.9 cm³/mol. The number of allylic oxidation sites excluding steroid dienone is 1. The van der Waals surface area contributed by atoms with Crippen LogP contribution >= 0.6 is 0 Å². The molecule has 0 amide bonds. The molecular formula is C11H14N2O2. The maximum Gasteiger partial charge on any atom is 0.269 e. The SMILES string of the molecule is CC(C)=CN(C)c1ccc([N+](=O)[O-])cc1. The minimum Gasteiger partial charge on any atom is -0.351 e. The van der Waals surface area contributed by atoms with E-state index in [0.717, 1.165) is 5.69 Å². The van der Waals surface area contributed by atoms with Crippen molar-refractivity contribution >= 4 is 11.4 Å². The smallest absolute Gasteiger partial charge is 0.269 e. The first-order valence-corrected chi connectivity index (χ1v) is 4.63. The maximum absolute atomic E-state index is 10.4. The Balaban J connectivity index is 2.89. The fourth-order valence-electron chi connectivity index (χ4n) is 1.27. The molecule has 0 aromatic heterocycles. The van der Waals surface area contributed by atoms with Gasteiger partial charge in [-0.15, -0.1) is 0 Å². The average molecular weight is 206 g/mol. The molecule has 1 aromatic rings. The molecule has 0 spiro atoms. The Morgan fingerprint density at radius 2 is 1.87 bits per heavy atom. The van der Waals surface area contributed by atoms with Gasteiger partial charge in [0.25, 0.3) is 5.69 Å². The van der Waals surface area contributed by atoms with Crippen molar-refractivity contribution in [2.45, 2.75) is 13.8 Å². The summed E-state index contributed by atoms with van der Waals surface area (Å²) >= 11 is 0. The van der Waals surface area contributed by atoms with Crippen LogP contribution in [0.4, 0.5) is 11.4 Å². The lowest BCUT2D eigenvalue weighted by Gasteiger charge is -2.14. The van der Waals surface area contributed by atoms with Crippen LogP contribution in [0.5, 0.6) is 0 Å². The van der Waals surface area contributed by atoms with Crippen LogP contribution < -0.4 is 4.90 Å². The van der Waals surface area contributed by atoms with E-state index >= 15 is 0 Å². The van der Waals surface area contributed by atoms with Crippen molar-refractivity contribution in [3.63, 3.8) is 0 Å². The van der Waals surface area contributed by atoms with Gasteiger partial charge in [0.05, 0.1) is 4.92 Å². The lowest BCUT2D eigenvalue weighted by atomic mass is 10.2. The van der Waals surface area contributed by atoms with E-state index in [-0.39, 0.29) is 5.69 Å². The number of benzene rings is 1. The molecule has 4 heteroatoms. The molecule has 15 heavy (non-hydrogen) atoms. The van der Waals surface area contributed by atoms with Gasteiger partial charge in [0, 0.05) is 31.1 Å². The molecule has 0 unspecified atom stereocenters. The molecule has 0 aliphatic heterocycles. The monoisotopic (exact) mass is 206 g/mol. The van der Waals surface area contributed by atoms with Gasteiger partial charge in [-0.25, -0.2) is 0 Å². The molecule has 4 nitrogen and oxygen atoms in total. The summed E-state index contributed by atoms with van der Waals surface area (Å²) < 4.78 is 0. The molecule has 0 aliphatic carbocycles. The molecule has 1 aromatic carbocycles. The lowest BCUT2D eigenvalue weighted by Crippen LogP contribution is -2.08. The molecule has 0 saturated carbocycles. The molecule has 0 heterocycles. The van der Waals surface area contributed by atoms with E-state index in [0.29, 0.717) is 0 Å². The Morgan fingerprint density at radius 1 is 1.33 bits per heavy atom. The molecule has 1 rings (SSSR count). The van der Waals surface area contributed by atoms with E-state index in [1.807, 2.05) is 32.0 Å². The highest BCUT2D eigenvalue weighted by atomic mass is 16.6. The van der Waals surface area contributed by atoms with Gasteiger partial charge < -0.3 is 4.90 Å². The third kappa shape index (κ3) is 3.09. The van der Waals surface area contributed by atoms with Crippen molar-refractivity contribution in [1.82, 2.24) is 0 Å². The van der Waals surface area contributed by atoms with Crippen LogP contribution in [-0.4, -0.2) is 12.0 Å². The largest absolute Gasteiger partial charge is 0.351 e. The zero-order valence-electron chi connectivity index (χ0n) is 9.10. The molecule has 0 aliphatic rings. The van der Waals surface area contributed by atoms with Crippen molar-refractivity contribution in [2.75, 3.05) is 11.9 Å². The van der Waals surface area contributed by atoms with Crippen LogP contribution in [0.15, 0.2) is 36.0 Å². The zero-order chi connectivity index (χ0) is 11.4. The van der Waals surface area contributed by atoms with Crippen LogP contribution in [0.1, 0.15) is 13.8 Å². The van der Waals surface area contributed by atoms with Crippen LogP contribution in [0, 0.1) is 10.1 Å². The number of hydrogen-bond acceptors (Lipinski definition) is 3. The summed E-state index contributed by atoms with van der Waals surface area (Å²) in [5, 5.41) is 10.4. The van der Waals surface area contributed by atoms with Gasteiger partial charge in [-0.1, -0.05) is 5.57 Å². The molecule has 0 saturated heterocycles. The minimum atomic E-state index is -0.398. The number of rotatable bonds is 3. The van der Waals surface area contributed by atoms with Gasteiger partial charge in [-0.2, -0.15) is 0 Å². The minimum absolute atomic E-state index is 0.115. The molecule has 80 valence electrons. The highest BCUT2D eigenvalue weighted by Gasteiger charge is 2.04. The summed E-state index contributed by atoms with van der Waals surface area (Å²) in [4.78, 5) is 12.0.